The molecule has 128 valence electrons. The molecule has 3 rings (SSSR count). The largest absolute Gasteiger partial charge is 0.360 e. The van der Waals surface area contributed by atoms with Crippen molar-refractivity contribution in [1.82, 2.24) is 10.5 Å². The molecule has 1 aromatic carbocycles. The molecule has 1 aliphatic rings. The standard InChI is InChI=1S/C19H24N2O2S/c1-13-7-3-5-9-17(13)20-19(22)16-8-4-6-10-18(16)24-12-15-11-14(2)21-23-15/h4,6,8,10-11,13,17H,3,5,7,9,12H2,1-2H3,(H,20,22). The minimum absolute atomic E-state index is 0.0330. The van der Waals surface area contributed by atoms with Crippen LogP contribution in [0.4, 0.5) is 0 Å². The van der Waals surface area contributed by atoms with Gasteiger partial charge in [-0.05, 0) is 37.8 Å². The molecule has 2 unspecified atom stereocenters. The zero-order chi connectivity index (χ0) is 16.9. The third-order valence-electron chi connectivity index (χ3n) is 4.61. The van der Waals surface area contributed by atoms with Gasteiger partial charge in [0.2, 0.25) is 0 Å². The lowest BCUT2D eigenvalue weighted by Crippen LogP contribution is -2.41. The van der Waals surface area contributed by atoms with Gasteiger partial charge in [0.15, 0.2) is 0 Å². The lowest BCUT2D eigenvalue weighted by atomic mass is 9.86. The van der Waals surface area contributed by atoms with Crippen LogP contribution in [0.3, 0.4) is 0 Å². The Hall–Kier alpha value is -1.75. The van der Waals surface area contributed by atoms with Gasteiger partial charge in [-0.15, -0.1) is 11.8 Å². The molecule has 2 atom stereocenters. The number of thioether (sulfide) groups is 1. The molecule has 1 fully saturated rings. The van der Waals surface area contributed by atoms with E-state index < -0.39 is 0 Å². The summed E-state index contributed by atoms with van der Waals surface area (Å²) >= 11 is 1.61. The Kier molecular flexibility index (Phi) is 5.61. The van der Waals surface area contributed by atoms with E-state index in [1.807, 2.05) is 37.3 Å². The first kappa shape index (κ1) is 17.1. The van der Waals surface area contributed by atoms with E-state index in [9.17, 15) is 4.79 Å². The van der Waals surface area contributed by atoms with Crippen molar-refractivity contribution in [3.8, 4) is 0 Å². The normalized spacial score (nSPS) is 20.8. The van der Waals surface area contributed by atoms with E-state index in [0.29, 0.717) is 17.7 Å². The monoisotopic (exact) mass is 344 g/mol. The maximum Gasteiger partial charge on any atom is 0.252 e. The predicted octanol–water partition coefficient (Wildman–Crippen LogP) is 4.58. The van der Waals surface area contributed by atoms with Crippen molar-refractivity contribution in [3.63, 3.8) is 0 Å². The average molecular weight is 344 g/mol. The lowest BCUT2D eigenvalue weighted by Gasteiger charge is -2.29. The lowest BCUT2D eigenvalue weighted by molar-refractivity contribution is 0.0907. The molecule has 0 bridgehead atoms. The molecule has 5 heteroatoms. The minimum atomic E-state index is 0.0330. The van der Waals surface area contributed by atoms with Crippen LogP contribution in [-0.2, 0) is 5.75 Å². The summed E-state index contributed by atoms with van der Waals surface area (Å²) in [6.07, 6.45) is 4.76. The van der Waals surface area contributed by atoms with Gasteiger partial charge in [-0.3, -0.25) is 4.79 Å². The van der Waals surface area contributed by atoms with Crippen LogP contribution in [-0.4, -0.2) is 17.1 Å². The number of benzene rings is 1. The molecule has 1 amide bonds. The van der Waals surface area contributed by atoms with Gasteiger partial charge in [-0.2, -0.15) is 0 Å². The van der Waals surface area contributed by atoms with E-state index >= 15 is 0 Å². The van der Waals surface area contributed by atoms with E-state index in [2.05, 4.69) is 17.4 Å². The van der Waals surface area contributed by atoms with Crippen molar-refractivity contribution in [2.24, 2.45) is 5.92 Å². The zero-order valence-corrected chi connectivity index (χ0v) is 15.1. The second kappa shape index (κ2) is 7.88. The number of nitrogens with one attached hydrogen (secondary N) is 1. The summed E-state index contributed by atoms with van der Waals surface area (Å²) < 4.78 is 5.25. The number of nitrogens with zero attached hydrogens (tertiary/aromatic N) is 1. The van der Waals surface area contributed by atoms with Crippen LogP contribution in [0.25, 0.3) is 0 Å². The third-order valence-corrected chi connectivity index (χ3v) is 5.70. The molecule has 1 saturated carbocycles. The fourth-order valence-electron chi connectivity index (χ4n) is 3.19. The smallest absolute Gasteiger partial charge is 0.252 e. The third kappa shape index (κ3) is 4.20. The van der Waals surface area contributed by atoms with Gasteiger partial charge < -0.3 is 9.84 Å². The zero-order valence-electron chi connectivity index (χ0n) is 14.2. The first-order valence-electron chi connectivity index (χ1n) is 8.58. The highest BCUT2D eigenvalue weighted by Crippen LogP contribution is 2.28. The molecule has 4 nitrogen and oxygen atoms in total. The predicted molar refractivity (Wildman–Crippen MR) is 96.1 cm³/mol. The summed E-state index contributed by atoms with van der Waals surface area (Å²) in [6.45, 7) is 4.14. The molecular weight excluding hydrogens is 320 g/mol. The quantitative estimate of drug-likeness (QED) is 0.806. The van der Waals surface area contributed by atoms with Gasteiger partial charge in [0.1, 0.15) is 5.76 Å². The number of aryl methyl sites for hydroxylation is 1. The summed E-state index contributed by atoms with van der Waals surface area (Å²) in [4.78, 5) is 13.7. The Morgan fingerprint density at radius 1 is 1.33 bits per heavy atom. The highest BCUT2D eigenvalue weighted by Gasteiger charge is 2.24. The van der Waals surface area contributed by atoms with E-state index in [1.165, 1.54) is 19.3 Å². The molecule has 0 radical (unpaired) electrons. The Bertz CT molecular complexity index is 698. The number of carbonyl (C=O) groups excluding carboxylic acids is 1. The number of amides is 1. The van der Waals surface area contributed by atoms with E-state index in [0.717, 1.165) is 28.3 Å². The Balaban J connectivity index is 1.67. The number of hydrogen-bond donors (Lipinski definition) is 1. The van der Waals surface area contributed by atoms with Crippen LogP contribution < -0.4 is 5.32 Å². The summed E-state index contributed by atoms with van der Waals surface area (Å²) in [5.41, 5.74) is 1.62. The van der Waals surface area contributed by atoms with Crippen molar-refractivity contribution in [2.45, 2.75) is 56.2 Å². The van der Waals surface area contributed by atoms with Crippen molar-refractivity contribution in [3.05, 3.63) is 47.3 Å². The van der Waals surface area contributed by atoms with Crippen LogP contribution in [0.2, 0.25) is 0 Å². The molecule has 24 heavy (non-hydrogen) atoms. The second-order valence-electron chi connectivity index (χ2n) is 6.56. The van der Waals surface area contributed by atoms with E-state index in [-0.39, 0.29) is 5.91 Å². The van der Waals surface area contributed by atoms with Crippen LogP contribution in [0.1, 0.15) is 54.4 Å². The van der Waals surface area contributed by atoms with Gasteiger partial charge in [-0.1, -0.05) is 37.1 Å². The van der Waals surface area contributed by atoms with Crippen molar-refractivity contribution < 1.29 is 9.32 Å². The summed E-state index contributed by atoms with van der Waals surface area (Å²) in [5.74, 6) is 2.09. The molecule has 2 aromatic rings. The van der Waals surface area contributed by atoms with Crippen molar-refractivity contribution in [1.29, 1.82) is 0 Å². The van der Waals surface area contributed by atoms with E-state index in [1.54, 1.807) is 11.8 Å². The van der Waals surface area contributed by atoms with Crippen molar-refractivity contribution in [2.75, 3.05) is 0 Å². The molecule has 1 aliphatic carbocycles. The van der Waals surface area contributed by atoms with Gasteiger partial charge in [0, 0.05) is 17.0 Å². The molecule has 0 saturated heterocycles. The summed E-state index contributed by atoms with van der Waals surface area (Å²) in [6, 6.07) is 10.0. The van der Waals surface area contributed by atoms with Crippen LogP contribution in [0, 0.1) is 12.8 Å². The summed E-state index contributed by atoms with van der Waals surface area (Å²) in [7, 11) is 0. The van der Waals surface area contributed by atoms with Gasteiger partial charge in [0.25, 0.3) is 5.91 Å². The topological polar surface area (TPSA) is 55.1 Å². The van der Waals surface area contributed by atoms with Gasteiger partial charge >= 0.3 is 0 Å². The van der Waals surface area contributed by atoms with E-state index in [4.69, 9.17) is 4.52 Å². The first-order chi connectivity index (χ1) is 11.6. The Morgan fingerprint density at radius 3 is 2.88 bits per heavy atom. The maximum atomic E-state index is 12.7. The SMILES string of the molecule is Cc1cc(CSc2ccccc2C(=O)NC2CCCCC2C)on1. The summed E-state index contributed by atoms with van der Waals surface area (Å²) in [5, 5.41) is 7.14. The molecule has 1 aromatic heterocycles. The van der Waals surface area contributed by atoms with Crippen LogP contribution >= 0.6 is 11.8 Å². The number of rotatable bonds is 5. The van der Waals surface area contributed by atoms with Crippen molar-refractivity contribution >= 4 is 17.7 Å². The molecule has 1 heterocycles. The average Bonchev–Trinajstić information content (AvgIpc) is 3.01. The highest BCUT2D eigenvalue weighted by molar-refractivity contribution is 7.98. The highest BCUT2D eigenvalue weighted by atomic mass is 32.2. The maximum absolute atomic E-state index is 12.7. The Labute approximate surface area is 147 Å². The molecule has 0 spiro atoms. The fourth-order valence-corrected chi connectivity index (χ4v) is 4.11. The second-order valence-corrected chi connectivity index (χ2v) is 7.58. The number of hydrogen-bond acceptors (Lipinski definition) is 4. The molecule has 1 N–H and O–H groups in total. The van der Waals surface area contributed by atoms with Gasteiger partial charge in [0.05, 0.1) is 17.0 Å². The molecule has 0 aliphatic heterocycles. The number of aromatic nitrogens is 1. The van der Waals surface area contributed by atoms with Crippen LogP contribution in [0.15, 0.2) is 39.8 Å². The minimum Gasteiger partial charge on any atom is -0.360 e. The number of carbonyl (C=O) groups is 1. The first-order valence-corrected chi connectivity index (χ1v) is 9.57. The molecular formula is C19H24N2O2S. The van der Waals surface area contributed by atoms with Gasteiger partial charge in [-0.25, -0.2) is 0 Å². The fraction of sp³-hybridized carbons (Fsp3) is 0.474. The van der Waals surface area contributed by atoms with Crippen LogP contribution in [0.5, 0.6) is 0 Å². The Morgan fingerprint density at radius 2 is 2.12 bits per heavy atom.